The van der Waals surface area contributed by atoms with Crippen LogP contribution in [0.4, 0.5) is 0 Å². The van der Waals surface area contributed by atoms with Gasteiger partial charge in [0.05, 0.1) is 17.6 Å². The smallest absolute Gasteiger partial charge is 0.261 e. The summed E-state index contributed by atoms with van der Waals surface area (Å²) in [7, 11) is -2.57. The number of ether oxygens (including phenoxy) is 2. The first-order valence-corrected chi connectivity index (χ1v) is 12.3. The van der Waals surface area contributed by atoms with Crippen molar-refractivity contribution in [2.75, 3.05) is 20.3 Å². The fourth-order valence-electron chi connectivity index (χ4n) is 3.09. The number of hydrogen-bond acceptors (Lipinski definition) is 7. The number of carbonyl (C=O) groups is 2. The summed E-state index contributed by atoms with van der Waals surface area (Å²) in [5.74, 6) is 5.14. The third-order valence-electron chi connectivity index (χ3n) is 4.90. The van der Waals surface area contributed by atoms with Gasteiger partial charge in [0, 0.05) is 6.54 Å². The lowest BCUT2D eigenvalue weighted by Crippen LogP contribution is -2.45. The highest BCUT2D eigenvalue weighted by Gasteiger charge is 2.25. The third-order valence-corrected chi connectivity index (χ3v) is 6.39. The van der Waals surface area contributed by atoms with Gasteiger partial charge in [-0.2, -0.15) is 4.72 Å². The molecule has 0 heterocycles. The predicted octanol–water partition coefficient (Wildman–Crippen LogP) is 1.85. The summed E-state index contributed by atoms with van der Waals surface area (Å²) in [5.41, 5.74) is 1.89. The highest BCUT2D eigenvalue weighted by Crippen LogP contribution is 2.18. The first-order valence-electron chi connectivity index (χ1n) is 10.8. The molecule has 0 fully saturated rings. The number of hydroxylamine groups is 1. The van der Waals surface area contributed by atoms with E-state index in [1.165, 1.54) is 36.9 Å². The van der Waals surface area contributed by atoms with Gasteiger partial charge in [-0.05, 0) is 62.6 Å². The zero-order valence-corrected chi connectivity index (χ0v) is 20.4. The summed E-state index contributed by atoms with van der Waals surface area (Å²) in [6.45, 7) is 2.17. The Labute approximate surface area is 205 Å². The van der Waals surface area contributed by atoms with Crippen LogP contribution in [0.1, 0.15) is 36.5 Å². The monoisotopic (exact) mass is 503 g/mol. The average molecular weight is 504 g/mol. The number of benzene rings is 2. The molecule has 0 aliphatic carbocycles. The van der Waals surface area contributed by atoms with Gasteiger partial charge in [0.15, 0.2) is 0 Å². The Morgan fingerprint density at radius 2 is 1.80 bits per heavy atom. The fraction of sp³-hybridized carbons (Fsp3) is 0.333. The van der Waals surface area contributed by atoms with E-state index < -0.39 is 22.0 Å². The van der Waals surface area contributed by atoms with E-state index in [-0.39, 0.29) is 23.8 Å². The van der Waals surface area contributed by atoms with Crippen molar-refractivity contribution in [3.05, 3.63) is 54.1 Å². The van der Waals surface area contributed by atoms with Crippen molar-refractivity contribution >= 4 is 21.8 Å². The molecule has 2 rings (SSSR count). The first-order chi connectivity index (χ1) is 16.8. The van der Waals surface area contributed by atoms with E-state index in [2.05, 4.69) is 21.9 Å². The van der Waals surface area contributed by atoms with Crippen molar-refractivity contribution in [2.45, 2.75) is 37.1 Å². The topological polar surface area (TPSA) is 143 Å². The van der Waals surface area contributed by atoms with Gasteiger partial charge in [-0.3, -0.25) is 14.8 Å². The van der Waals surface area contributed by atoms with Crippen molar-refractivity contribution in [1.82, 2.24) is 15.5 Å². The molecule has 2 aromatic rings. The molecule has 4 N–H and O–H groups in total. The Morgan fingerprint density at radius 3 is 2.46 bits per heavy atom. The maximum Gasteiger partial charge on any atom is 0.261 e. The van der Waals surface area contributed by atoms with Crippen LogP contribution in [-0.2, 0) is 14.8 Å². The third kappa shape index (κ3) is 8.60. The molecule has 0 aromatic heterocycles. The van der Waals surface area contributed by atoms with Gasteiger partial charge in [0.2, 0.25) is 10.0 Å². The lowest BCUT2D eigenvalue weighted by molar-refractivity contribution is -0.131. The maximum absolute atomic E-state index is 12.7. The van der Waals surface area contributed by atoms with Crippen molar-refractivity contribution < 1.29 is 32.7 Å². The normalized spacial score (nSPS) is 11.5. The van der Waals surface area contributed by atoms with Crippen LogP contribution in [0.5, 0.6) is 11.5 Å². The summed E-state index contributed by atoms with van der Waals surface area (Å²) >= 11 is 0. The molecule has 0 radical (unpaired) electrons. The van der Waals surface area contributed by atoms with Gasteiger partial charge in [-0.1, -0.05) is 18.1 Å². The summed E-state index contributed by atoms with van der Waals surface area (Å²) in [4.78, 5) is 24.3. The quantitative estimate of drug-likeness (QED) is 0.141. The molecule has 11 heteroatoms. The minimum atomic E-state index is -4.05. The molecule has 188 valence electrons. The Hall–Kier alpha value is -3.59. The van der Waals surface area contributed by atoms with Gasteiger partial charge in [-0.15, -0.1) is 5.92 Å². The summed E-state index contributed by atoms with van der Waals surface area (Å²) in [6, 6.07) is 11.3. The van der Waals surface area contributed by atoms with Gasteiger partial charge >= 0.3 is 0 Å². The average Bonchev–Trinajstić information content (AvgIpc) is 2.87. The van der Waals surface area contributed by atoms with Crippen LogP contribution < -0.4 is 25.0 Å². The van der Waals surface area contributed by atoms with E-state index in [4.69, 9.17) is 14.7 Å². The lowest BCUT2D eigenvalue weighted by Gasteiger charge is -2.17. The van der Waals surface area contributed by atoms with Crippen LogP contribution in [0.25, 0.3) is 0 Å². The van der Waals surface area contributed by atoms with Crippen LogP contribution in [0.3, 0.4) is 0 Å². The van der Waals surface area contributed by atoms with E-state index in [1.807, 2.05) is 0 Å². The number of carbonyl (C=O) groups excluding carboxylic acids is 2. The largest absolute Gasteiger partial charge is 0.496 e. The lowest BCUT2D eigenvalue weighted by atomic mass is 10.1. The Morgan fingerprint density at radius 1 is 1.09 bits per heavy atom. The van der Waals surface area contributed by atoms with E-state index >= 15 is 0 Å². The van der Waals surface area contributed by atoms with Crippen LogP contribution in [0.15, 0.2) is 53.4 Å². The minimum Gasteiger partial charge on any atom is -0.496 e. The number of amides is 2. The Balaban J connectivity index is 1.90. The molecule has 10 nitrogen and oxygen atoms in total. The zero-order valence-electron chi connectivity index (χ0n) is 19.5. The Kier molecular flexibility index (Phi) is 11.0. The molecular weight excluding hydrogens is 474 g/mol. The molecule has 0 aliphatic rings. The second kappa shape index (κ2) is 14.0. The van der Waals surface area contributed by atoms with E-state index in [9.17, 15) is 18.0 Å². The molecule has 0 saturated heterocycles. The number of para-hydroxylation sites is 1. The van der Waals surface area contributed by atoms with E-state index in [1.54, 1.807) is 31.2 Å². The molecule has 1 unspecified atom stereocenters. The number of rotatable bonds is 13. The SMILES string of the molecule is CC#CCOc1ccc(S(=O)(=O)NC(CCCCNC(=O)c2ccccc2OC)C(=O)NO)cc1. The van der Waals surface area contributed by atoms with Crippen LogP contribution >= 0.6 is 0 Å². The number of unbranched alkanes of at least 4 members (excludes halogenated alkanes) is 1. The highest BCUT2D eigenvalue weighted by atomic mass is 32.2. The zero-order chi connectivity index (χ0) is 25.7. The molecule has 0 bridgehead atoms. The summed E-state index contributed by atoms with van der Waals surface area (Å²) in [6.07, 6.45) is 0.982. The minimum absolute atomic E-state index is 0.0637. The molecule has 0 aliphatic heterocycles. The molecule has 1 atom stereocenters. The van der Waals surface area contributed by atoms with Crippen molar-refractivity contribution in [2.24, 2.45) is 0 Å². The summed E-state index contributed by atoms with van der Waals surface area (Å²) < 4.78 is 38.3. The number of hydrogen-bond donors (Lipinski definition) is 4. The molecule has 35 heavy (non-hydrogen) atoms. The second-order valence-electron chi connectivity index (χ2n) is 7.29. The van der Waals surface area contributed by atoms with Gasteiger partial charge in [0.25, 0.3) is 11.8 Å². The molecule has 2 aromatic carbocycles. The Bertz CT molecular complexity index is 1160. The van der Waals surface area contributed by atoms with Crippen LogP contribution in [0, 0.1) is 11.8 Å². The highest BCUT2D eigenvalue weighted by molar-refractivity contribution is 7.89. The maximum atomic E-state index is 12.7. The van der Waals surface area contributed by atoms with Crippen molar-refractivity contribution in [1.29, 1.82) is 0 Å². The second-order valence-corrected chi connectivity index (χ2v) is 9.00. The fourth-order valence-corrected chi connectivity index (χ4v) is 4.32. The molecule has 0 spiro atoms. The van der Waals surface area contributed by atoms with Gasteiger partial charge < -0.3 is 14.8 Å². The van der Waals surface area contributed by atoms with Gasteiger partial charge in [-0.25, -0.2) is 13.9 Å². The predicted molar refractivity (Wildman–Crippen MR) is 129 cm³/mol. The number of sulfonamides is 1. The van der Waals surface area contributed by atoms with E-state index in [0.717, 1.165) is 0 Å². The number of methoxy groups -OCH3 is 1. The summed E-state index contributed by atoms with van der Waals surface area (Å²) in [5, 5.41) is 11.8. The van der Waals surface area contributed by atoms with Crippen LogP contribution in [-0.4, -0.2) is 51.7 Å². The van der Waals surface area contributed by atoms with Crippen molar-refractivity contribution in [3.63, 3.8) is 0 Å². The van der Waals surface area contributed by atoms with Crippen LogP contribution in [0.2, 0.25) is 0 Å². The van der Waals surface area contributed by atoms with Crippen molar-refractivity contribution in [3.8, 4) is 23.3 Å². The van der Waals surface area contributed by atoms with E-state index in [0.29, 0.717) is 36.4 Å². The standard InChI is InChI=1S/C24H29N3O7S/c1-3-4-17-34-18-12-14-19(15-13-18)35(31,32)27-21(24(29)26-30)10-7-8-16-25-23(28)20-9-5-6-11-22(20)33-2/h5-6,9,11-15,21,27,30H,7-8,10,16-17H2,1-2H3,(H,25,28)(H,26,29). The molecular formula is C24H29N3O7S. The van der Waals surface area contributed by atoms with Gasteiger partial charge in [0.1, 0.15) is 24.1 Å². The first kappa shape index (κ1) is 27.7. The molecule has 0 saturated carbocycles. The molecule has 2 amide bonds. The number of nitrogens with one attached hydrogen (secondary N) is 3.